The smallest absolute Gasteiger partial charge is 0.308 e. The summed E-state index contributed by atoms with van der Waals surface area (Å²) in [6.07, 6.45) is 4.00. The maximum absolute atomic E-state index is 11.1. The van der Waals surface area contributed by atoms with Gasteiger partial charge in [-0.25, -0.2) is 0 Å². The molecule has 0 aromatic carbocycles. The van der Waals surface area contributed by atoms with Crippen molar-refractivity contribution in [3.05, 3.63) is 22.4 Å². The predicted molar refractivity (Wildman–Crippen MR) is 64.5 cm³/mol. The van der Waals surface area contributed by atoms with Crippen molar-refractivity contribution in [3.63, 3.8) is 0 Å². The van der Waals surface area contributed by atoms with Crippen LogP contribution in [0.25, 0.3) is 0 Å². The van der Waals surface area contributed by atoms with Gasteiger partial charge in [0.05, 0.1) is 5.92 Å². The first-order valence-corrected chi connectivity index (χ1v) is 6.64. The third-order valence-corrected chi connectivity index (χ3v) is 4.08. The molecule has 16 heavy (non-hydrogen) atoms. The average Bonchev–Trinajstić information content (AvgIpc) is 2.79. The van der Waals surface area contributed by atoms with Gasteiger partial charge in [0.1, 0.15) is 0 Å². The van der Waals surface area contributed by atoms with Crippen LogP contribution < -0.4 is 5.32 Å². The molecule has 0 unspecified atom stereocenters. The summed E-state index contributed by atoms with van der Waals surface area (Å²) in [5.74, 6) is -0.850. The second-order valence-electron chi connectivity index (χ2n) is 4.30. The van der Waals surface area contributed by atoms with Gasteiger partial charge >= 0.3 is 5.97 Å². The number of carboxylic acids is 1. The van der Waals surface area contributed by atoms with E-state index >= 15 is 0 Å². The molecule has 1 fully saturated rings. The van der Waals surface area contributed by atoms with Gasteiger partial charge in [0.15, 0.2) is 0 Å². The van der Waals surface area contributed by atoms with Gasteiger partial charge in [0.25, 0.3) is 0 Å². The molecular weight excluding hydrogens is 222 g/mol. The monoisotopic (exact) mass is 239 g/mol. The van der Waals surface area contributed by atoms with Crippen LogP contribution in [0.5, 0.6) is 0 Å². The molecular formula is C12H17NO2S. The molecule has 4 heteroatoms. The minimum absolute atomic E-state index is 0.147. The normalized spacial score (nSPS) is 25.5. The van der Waals surface area contributed by atoms with Crippen molar-refractivity contribution in [2.45, 2.75) is 38.3 Å². The highest BCUT2D eigenvalue weighted by molar-refractivity contribution is 7.09. The summed E-state index contributed by atoms with van der Waals surface area (Å²) in [7, 11) is 0. The molecule has 0 spiro atoms. The zero-order chi connectivity index (χ0) is 11.4. The van der Waals surface area contributed by atoms with Crippen molar-refractivity contribution in [2.75, 3.05) is 0 Å². The number of rotatable bonds is 4. The SMILES string of the molecule is O=C(O)[C@@H]1CCCC[C@@H]1NCc1cccs1. The Bertz CT molecular complexity index is 337. The van der Waals surface area contributed by atoms with Crippen LogP contribution in [0, 0.1) is 5.92 Å². The molecule has 88 valence electrons. The standard InChI is InChI=1S/C12H17NO2S/c14-12(15)10-5-1-2-6-11(10)13-8-9-4-3-7-16-9/h3-4,7,10-11,13H,1-2,5-6,8H2,(H,14,15)/t10-,11+/m1/s1. The summed E-state index contributed by atoms with van der Waals surface area (Å²) >= 11 is 1.71. The lowest BCUT2D eigenvalue weighted by atomic mass is 9.84. The summed E-state index contributed by atoms with van der Waals surface area (Å²) in [6.45, 7) is 0.798. The van der Waals surface area contributed by atoms with Crippen LogP contribution in [0.1, 0.15) is 30.6 Å². The molecule has 3 nitrogen and oxygen atoms in total. The third-order valence-electron chi connectivity index (χ3n) is 3.20. The molecule has 2 atom stereocenters. The van der Waals surface area contributed by atoms with E-state index in [0.29, 0.717) is 0 Å². The minimum Gasteiger partial charge on any atom is -0.481 e. The Labute approximate surface area is 99.5 Å². The van der Waals surface area contributed by atoms with Gasteiger partial charge in [0.2, 0.25) is 0 Å². The molecule has 0 bridgehead atoms. The van der Waals surface area contributed by atoms with E-state index in [1.165, 1.54) is 4.88 Å². The van der Waals surface area contributed by atoms with Crippen LogP contribution >= 0.6 is 11.3 Å². The first-order chi connectivity index (χ1) is 7.77. The fourth-order valence-electron chi connectivity index (χ4n) is 2.32. The maximum Gasteiger partial charge on any atom is 0.308 e. The van der Waals surface area contributed by atoms with Crippen LogP contribution in [-0.2, 0) is 11.3 Å². The van der Waals surface area contributed by atoms with Crippen molar-refractivity contribution in [1.82, 2.24) is 5.32 Å². The van der Waals surface area contributed by atoms with Crippen LogP contribution in [0.3, 0.4) is 0 Å². The highest BCUT2D eigenvalue weighted by Crippen LogP contribution is 2.25. The Kier molecular flexibility index (Phi) is 3.96. The zero-order valence-electron chi connectivity index (χ0n) is 9.19. The largest absolute Gasteiger partial charge is 0.481 e. The van der Waals surface area contributed by atoms with Gasteiger partial charge in [-0.05, 0) is 24.3 Å². The topological polar surface area (TPSA) is 49.3 Å². The minimum atomic E-state index is -0.650. The Morgan fingerprint density at radius 2 is 2.31 bits per heavy atom. The van der Waals surface area contributed by atoms with Crippen LogP contribution in [-0.4, -0.2) is 17.1 Å². The van der Waals surface area contributed by atoms with E-state index in [1.54, 1.807) is 11.3 Å². The van der Waals surface area contributed by atoms with Crippen LogP contribution in [0.4, 0.5) is 0 Å². The highest BCUT2D eigenvalue weighted by atomic mass is 32.1. The lowest BCUT2D eigenvalue weighted by Crippen LogP contribution is -2.41. The Balaban J connectivity index is 1.89. The molecule has 0 amide bonds. The molecule has 1 aliphatic rings. The summed E-state index contributed by atoms with van der Waals surface area (Å²) in [4.78, 5) is 12.4. The van der Waals surface area contributed by atoms with Gasteiger partial charge in [-0.1, -0.05) is 18.9 Å². The van der Waals surface area contributed by atoms with Crippen molar-refractivity contribution in [2.24, 2.45) is 5.92 Å². The molecule has 1 saturated carbocycles. The summed E-state index contributed by atoms with van der Waals surface area (Å²) in [5, 5.41) is 14.6. The van der Waals surface area contributed by atoms with Gasteiger partial charge in [0, 0.05) is 17.5 Å². The van der Waals surface area contributed by atoms with Gasteiger partial charge in [-0.2, -0.15) is 0 Å². The highest BCUT2D eigenvalue weighted by Gasteiger charge is 2.30. The lowest BCUT2D eigenvalue weighted by Gasteiger charge is -2.29. The van der Waals surface area contributed by atoms with Crippen molar-refractivity contribution in [3.8, 4) is 0 Å². The van der Waals surface area contributed by atoms with E-state index in [0.717, 1.165) is 32.2 Å². The quantitative estimate of drug-likeness (QED) is 0.848. The van der Waals surface area contributed by atoms with E-state index in [-0.39, 0.29) is 12.0 Å². The average molecular weight is 239 g/mol. The number of aliphatic carboxylic acids is 1. The number of hydrogen-bond acceptors (Lipinski definition) is 3. The molecule has 1 aromatic rings. The number of hydrogen-bond donors (Lipinski definition) is 2. The fourth-order valence-corrected chi connectivity index (χ4v) is 2.97. The van der Waals surface area contributed by atoms with Crippen molar-refractivity contribution < 1.29 is 9.90 Å². The van der Waals surface area contributed by atoms with E-state index in [4.69, 9.17) is 5.11 Å². The molecule has 0 radical (unpaired) electrons. The second kappa shape index (κ2) is 5.46. The Morgan fingerprint density at radius 1 is 1.50 bits per heavy atom. The zero-order valence-corrected chi connectivity index (χ0v) is 10.0. The lowest BCUT2D eigenvalue weighted by molar-refractivity contribution is -0.143. The maximum atomic E-state index is 11.1. The van der Waals surface area contributed by atoms with Crippen LogP contribution in [0.2, 0.25) is 0 Å². The number of thiophene rings is 1. The number of carboxylic acid groups (broad SMARTS) is 1. The van der Waals surface area contributed by atoms with E-state index in [1.807, 2.05) is 11.4 Å². The molecule has 2 rings (SSSR count). The Hall–Kier alpha value is -0.870. The molecule has 1 aromatic heterocycles. The Morgan fingerprint density at radius 3 is 3.00 bits per heavy atom. The van der Waals surface area contributed by atoms with E-state index < -0.39 is 5.97 Å². The third kappa shape index (κ3) is 2.83. The van der Waals surface area contributed by atoms with Crippen molar-refractivity contribution in [1.29, 1.82) is 0 Å². The molecule has 2 N–H and O–H groups in total. The predicted octanol–water partition coefficient (Wildman–Crippen LogP) is 2.48. The van der Waals surface area contributed by atoms with Gasteiger partial charge in [-0.3, -0.25) is 4.79 Å². The molecule has 1 aliphatic carbocycles. The summed E-state index contributed by atoms with van der Waals surface area (Å²) < 4.78 is 0. The number of carbonyl (C=O) groups is 1. The number of nitrogens with one attached hydrogen (secondary N) is 1. The fraction of sp³-hybridized carbons (Fsp3) is 0.583. The summed E-state index contributed by atoms with van der Waals surface area (Å²) in [5.41, 5.74) is 0. The molecule has 1 heterocycles. The molecule has 0 aliphatic heterocycles. The van der Waals surface area contributed by atoms with E-state index in [9.17, 15) is 4.79 Å². The van der Waals surface area contributed by atoms with E-state index in [2.05, 4.69) is 11.4 Å². The van der Waals surface area contributed by atoms with Crippen molar-refractivity contribution >= 4 is 17.3 Å². The van der Waals surface area contributed by atoms with Gasteiger partial charge in [-0.15, -0.1) is 11.3 Å². The first-order valence-electron chi connectivity index (χ1n) is 5.76. The van der Waals surface area contributed by atoms with Gasteiger partial charge < -0.3 is 10.4 Å². The van der Waals surface area contributed by atoms with Crippen LogP contribution in [0.15, 0.2) is 17.5 Å². The second-order valence-corrected chi connectivity index (χ2v) is 5.33. The molecule has 0 saturated heterocycles. The summed E-state index contributed by atoms with van der Waals surface area (Å²) in [6, 6.07) is 4.25. The first kappa shape index (κ1) is 11.6.